The van der Waals surface area contributed by atoms with Crippen molar-refractivity contribution in [2.45, 2.75) is 13.8 Å². The summed E-state index contributed by atoms with van der Waals surface area (Å²) in [5, 5.41) is 6.61. The van der Waals surface area contributed by atoms with Crippen molar-refractivity contribution in [2.24, 2.45) is 5.92 Å². The summed E-state index contributed by atoms with van der Waals surface area (Å²) in [4.78, 5) is 7.97. The van der Waals surface area contributed by atoms with Crippen LogP contribution in [0.2, 0.25) is 0 Å². The first-order valence-electron chi connectivity index (χ1n) is 4.49. The number of aromatic nitrogens is 2. The largest absolute Gasteiger partial charge is 0.362 e. The molecule has 0 aromatic carbocycles. The molecule has 1 aromatic heterocycles. The van der Waals surface area contributed by atoms with E-state index in [9.17, 15) is 0 Å². The van der Waals surface area contributed by atoms with Gasteiger partial charge < -0.3 is 10.6 Å². The summed E-state index contributed by atoms with van der Waals surface area (Å²) >= 11 is 5.06. The van der Waals surface area contributed by atoms with E-state index in [2.05, 4.69) is 34.4 Å². The number of nitrogens with one attached hydrogen (secondary N) is 2. The van der Waals surface area contributed by atoms with E-state index in [0.717, 1.165) is 6.54 Å². The maximum absolute atomic E-state index is 5.06. The first kappa shape index (κ1) is 10.8. The minimum absolute atomic E-state index is 0.566. The Bertz CT molecular complexity index is 286. The fourth-order valence-electron chi connectivity index (χ4n) is 0.821. The van der Waals surface area contributed by atoms with Gasteiger partial charge in [-0.25, -0.2) is 4.98 Å². The Morgan fingerprint density at radius 3 is 2.86 bits per heavy atom. The highest BCUT2D eigenvalue weighted by molar-refractivity contribution is 7.80. The Hall–Kier alpha value is -1.23. The highest BCUT2D eigenvalue weighted by Crippen LogP contribution is 1.96. The lowest BCUT2D eigenvalue weighted by Crippen LogP contribution is -2.31. The molecule has 1 heterocycles. The summed E-state index contributed by atoms with van der Waals surface area (Å²) in [6.45, 7) is 5.10. The van der Waals surface area contributed by atoms with Crippen molar-refractivity contribution in [3.8, 4) is 0 Å². The predicted octanol–water partition coefficient (Wildman–Crippen LogP) is 1.42. The zero-order valence-electron chi connectivity index (χ0n) is 8.32. The molecule has 0 fully saturated rings. The van der Waals surface area contributed by atoms with E-state index in [4.69, 9.17) is 12.2 Å². The highest BCUT2D eigenvalue weighted by Gasteiger charge is 1.98. The standard InChI is InChI=1S/C9H14N4S/c1-7(2)5-12-9(14)13-8-6-10-3-4-11-8/h3-4,6-7H,5H2,1-2H3,(H2,11,12,13,14). The normalized spacial score (nSPS) is 9.93. The molecule has 4 nitrogen and oxygen atoms in total. The summed E-state index contributed by atoms with van der Waals surface area (Å²) in [5.41, 5.74) is 0. The van der Waals surface area contributed by atoms with Crippen molar-refractivity contribution in [1.29, 1.82) is 0 Å². The van der Waals surface area contributed by atoms with Gasteiger partial charge in [-0.2, -0.15) is 0 Å². The monoisotopic (exact) mass is 210 g/mol. The van der Waals surface area contributed by atoms with E-state index in [1.165, 1.54) is 0 Å². The molecule has 0 atom stereocenters. The summed E-state index contributed by atoms with van der Waals surface area (Å²) in [5.74, 6) is 1.23. The average Bonchev–Trinajstić information content (AvgIpc) is 2.16. The third kappa shape index (κ3) is 4.13. The molecule has 0 saturated carbocycles. The number of nitrogens with zero attached hydrogens (tertiary/aromatic N) is 2. The van der Waals surface area contributed by atoms with Crippen LogP contribution in [0.4, 0.5) is 5.82 Å². The van der Waals surface area contributed by atoms with Crippen molar-refractivity contribution < 1.29 is 0 Å². The number of hydrogen-bond acceptors (Lipinski definition) is 3. The van der Waals surface area contributed by atoms with Crippen molar-refractivity contribution >= 4 is 23.1 Å². The molecule has 0 amide bonds. The summed E-state index contributed by atoms with van der Waals surface area (Å²) in [6.07, 6.45) is 4.87. The van der Waals surface area contributed by atoms with Crippen molar-refractivity contribution in [2.75, 3.05) is 11.9 Å². The lowest BCUT2D eigenvalue weighted by atomic mass is 10.2. The van der Waals surface area contributed by atoms with Gasteiger partial charge in [-0.1, -0.05) is 13.8 Å². The van der Waals surface area contributed by atoms with E-state index < -0.39 is 0 Å². The fourth-order valence-corrected chi connectivity index (χ4v) is 1.01. The second kappa shape index (κ2) is 5.49. The molecule has 1 rings (SSSR count). The second-order valence-electron chi connectivity index (χ2n) is 3.32. The quantitative estimate of drug-likeness (QED) is 0.739. The zero-order valence-corrected chi connectivity index (χ0v) is 9.14. The van der Waals surface area contributed by atoms with Gasteiger partial charge in [-0.3, -0.25) is 4.98 Å². The molecule has 0 radical (unpaired) electrons. The second-order valence-corrected chi connectivity index (χ2v) is 3.73. The lowest BCUT2D eigenvalue weighted by molar-refractivity contribution is 0.627. The van der Waals surface area contributed by atoms with E-state index in [1.807, 2.05) is 0 Å². The number of anilines is 1. The molecule has 5 heteroatoms. The molecule has 0 unspecified atom stereocenters. The van der Waals surface area contributed by atoms with E-state index in [-0.39, 0.29) is 0 Å². The van der Waals surface area contributed by atoms with Gasteiger partial charge in [-0.05, 0) is 18.1 Å². The number of hydrogen-bond donors (Lipinski definition) is 2. The molecule has 0 aliphatic rings. The van der Waals surface area contributed by atoms with Gasteiger partial charge >= 0.3 is 0 Å². The highest BCUT2D eigenvalue weighted by atomic mass is 32.1. The Kier molecular flexibility index (Phi) is 4.25. The molecule has 0 saturated heterocycles. The molecule has 1 aromatic rings. The maximum Gasteiger partial charge on any atom is 0.171 e. The van der Waals surface area contributed by atoms with Crippen molar-refractivity contribution in [3.63, 3.8) is 0 Å². The van der Waals surface area contributed by atoms with Crippen LogP contribution in [-0.4, -0.2) is 21.6 Å². The van der Waals surface area contributed by atoms with Crippen LogP contribution in [-0.2, 0) is 0 Å². The smallest absolute Gasteiger partial charge is 0.171 e. The minimum atomic E-state index is 0.566. The van der Waals surface area contributed by atoms with Gasteiger partial charge in [0, 0.05) is 18.9 Å². The maximum atomic E-state index is 5.06. The van der Waals surface area contributed by atoms with Gasteiger partial charge in [-0.15, -0.1) is 0 Å². The Balaban J connectivity index is 2.35. The van der Waals surface area contributed by atoms with Crippen LogP contribution in [0.5, 0.6) is 0 Å². The molecular formula is C9H14N4S. The van der Waals surface area contributed by atoms with Gasteiger partial charge in [0.25, 0.3) is 0 Å². The molecule has 2 N–H and O–H groups in total. The molecule has 0 aliphatic carbocycles. The number of thiocarbonyl (C=S) groups is 1. The molecule has 14 heavy (non-hydrogen) atoms. The Morgan fingerprint density at radius 2 is 2.29 bits per heavy atom. The van der Waals surface area contributed by atoms with Crippen LogP contribution in [0.15, 0.2) is 18.6 Å². The van der Waals surface area contributed by atoms with Gasteiger partial charge in [0.2, 0.25) is 0 Å². The topological polar surface area (TPSA) is 49.8 Å². The lowest BCUT2D eigenvalue weighted by Gasteiger charge is -2.10. The molecule has 76 valence electrons. The zero-order chi connectivity index (χ0) is 10.4. The van der Waals surface area contributed by atoms with Gasteiger partial charge in [0.1, 0.15) is 0 Å². The molecule has 0 bridgehead atoms. The van der Waals surface area contributed by atoms with E-state index in [0.29, 0.717) is 16.8 Å². The summed E-state index contributed by atoms with van der Waals surface area (Å²) in [7, 11) is 0. The fraction of sp³-hybridized carbons (Fsp3) is 0.444. The Labute approximate surface area is 89.2 Å². The minimum Gasteiger partial charge on any atom is -0.362 e. The summed E-state index contributed by atoms with van der Waals surface area (Å²) < 4.78 is 0. The van der Waals surface area contributed by atoms with E-state index in [1.54, 1.807) is 18.6 Å². The average molecular weight is 210 g/mol. The van der Waals surface area contributed by atoms with Gasteiger partial charge in [0.15, 0.2) is 10.9 Å². The van der Waals surface area contributed by atoms with E-state index >= 15 is 0 Å². The van der Waals surface area contributed by atoms with Crippen LogP contribution in [0, 0.1) is 5.92 Å². The summed E-state index contributed by atoms with van der Waals surface area (Å²) in [6, 6.07) is 0. The van der Waals surface area contributed by atoms with Crippen molar-refractivity contribution in [3.05, 3.63) is 18.6 Å². The molecular weight excluding hydrogens is 196 g/mol. The first-order chi connectivity index (χ1) is 6.68. The van der Waals surface area contributed by atoms with Crippen LogP contribution in [0.25, 0.3) is 0 Å². The van der Waals surface area contributed by atoms with Gasteiger partial charge in [0.05, 0.1) is 6.20 Å². The SMILES string of the molecule is CC(C)CNC(=S)Nc1cnccn1. The molecule has 0 spiro atoms. The van der Waals surface area contributed by atoms with Crippen LogP contribution in [0.3, 0.4) is 0 Å². The van der Waals surface area contributed by atoms with Crippen LogP contribution >= 0.6 is 12.2 Å². The first-order valence-corrected chi connectivity index (χ1v) is 4.90. The number of rotatable bonds is 3. The van der Waals surface area contributed by atoms with Crippen LogP contribution < -0.4 is 10.6 Å². The van der Waals surface area contributed by atoms with Crippen LogP contribution in [0.1, 0.15) is 13.8 Å². The third-order valence-corrected chi connectivity index (χ3v) is 1.72. The third-order valence-electron chi connectivity index (χ3n) is 1.48. The predicted molar refractivity (Wildman–Crippen MR) is 61.1 cm³/mol. The molecule has 0 aliphatic heterocycles. The Morgan fingerprint density at radius 1 is 1.50 bits per heavy atom. The van der Waals surface area contributed by atoms with Crippen molar-refractivity contribution in [1.82, 2.24) is 15.3 Å².